The van der Waals surface area contributed by atoms with Crippen molar-refractivity contribution in [2.24, 2.45) is 0 Å². The van der Waals surface area contributed by atoms with Crippen LogP contribution in [0.5, 0.6) is 0 Å². The molecule has 0 bridgehead atoms. The summed E-state index contributed by atoms with van der Waals surface area (Å²) in [6, 6.07) is 12.9. The Bertz CT molecular complexity index is 996. The average molecular weight is 393 g/mol. The molecule has 2 aromatic rings. The van der Waals surface area contributed by atoms with Gasteiger partial charge in [-0.15, -0.1) is 0 Å². The molecule has 6 heteroatoms. The number of carbonyl (C=O) groups is 2. The van der Waals surface area contributed by atoms with Crippen LogP contribution in [-0.2, 0) is 22.4 Å². The van der Waals surface area contributed by atoms with Gasteiger partial charge >= 0.3 is 0 Å². The zero-order valence-corrected chi connectivity index (χ0v) is 17.1. The second kappa shape index (κ2) is 7.67. The van der Waals surface area contributed by atoms with Crippen LogP contribution in [-0.4, -0.2) is 47.3 Å². The summed E-state index contributed by atoms with van der Waals surface area (Å²) in [6.07, 6.45) is 0.576. The van der Waals surface area contributed by atoms with Crippen LogP contribution >= 0.6 is 0 Å². The molecule has 3 rings (SSSR count). The minimum absolute atomic E-state index is 0.177. The molecule has 2 amide bonds. The molecule has 0 N–H and O–H groups in total. The van der Waals surface area contributed by atoms with Crippen LogP contribution in [0.2, 0.25) is 0 Å². The van der Waals surface area contributed by atoms with Gasteiger partial charge in [0.05, 0.1) is 11.6 Å². The number of hydrogen-bond acceptors (Lipinski definition) is 3. The van der Waals surface area contributed by atoms with Crippen LogP contribution in [0.25, 0.3) is 0 Å². The Morgan fingerprint density at radius 2 is 1.79 bits per heavy atom. The molecule has 2 atom stereocenters. The standard InChI is InChI=1S/C23H24FN3O2/c1-15-6-5-7-17(14-25)19(15)12-20-21(28)27(4)23(2,22(29)26(20)3)13-16-8-10-18(24)11-9-16/h5-11,20H,12-13H2,1-4H3. The Morgan fingerprint density at radius 3 is 2.41 bits per heavy atom. The number of aryl methyl sites for hydroxylation is 1. The van der Waals surface area contributed by atoms with Crippen molar-refractivity contribution in [2.75, 3.05) is 14.1 Å². The maximum atomic E-state index is 13.3. The second-order valence-electron chi connectivity index (χ2n) is 7.82. The second-order valence-corrected chi connectivity index (χ2v) is 7.82. The van der Waals surface area contributed by atoms with Crippen molar-refractivity contribution in [2.45, 2.75) is 38.3 Å². The number of amides is 2. The first-order valence-electron chi connectivity index (χ1n) is 9.47. The number of benzene rings is 2. The summed E-state index contributed by atoms with van der Waals surface area (Å²) in [5.41, 5.74) is 1.92. The summed E-state index contributed by atoms with van der Waals surface area (Å²) in [5, 5.41) is 9.42. The molecule has 2 aromatic carbocycles. The highest BCUT2D eigenvalue weighted by molar-refractivity contribution is 5.99. The highest BCUT2D eigenvalue weighted by atomic mass is 19.1. The summed E-state index contributed by atoms with van der Waals surface area (Å²) in [4.78, 5) is 29.5. The molecule has 29 heavy (non-hydrogen) atoms. The summed E-state index contributed by atoms with van der Waals surface area (Å²) < 4.78 is 13.2. The fraction of sp³-hybridized carbons (Fsp3) is 0.348. The first-order valence-corrected chi connectivity index (χ1v) is 9.47. The van der Waals surface area contributed by atoms with Gasteiger partial charge in [0.1, 0.15) is 17.4 Å². The zero-order valence-electron chi connectivity index (χ0n) is 17.1. The van der Waals surface area contributed by atoms with Crippen molar-refractivity contribution < 1.29 is 14.0 Å². The van der Waals surface area contributed by atoms with E-state index in [1.165, 1.54) is 21.9 Å². The van der Waals surface area contributed by atoms with Crippen molar-refractivity contribution in [3.63, 3.8) is 0 Å². The van der Waals surface area contributed by atoms with Gasteiger partial charge in [-0.1, -0.05) is 24.3 Å². The third kappa shape index (κ3) is 3.61. The molecule has 0 radical (unpaired) electrons. The van der Waals surface area contributed by atoms with Crippen LogP contribution in [0.15, 0.2) is 42.5 Å². The van der Waals surface area contributed by atoms with Crippen LogP contribution in [0.3, 0.4) is 0 Å². The molecule has 1 aliphatic rings. The topological polar surface area (TPSA) is 64.4 Å². The molecule has 1 heterocycles. The molecule has 0 aromatic heterocycles. The van der Waals surface area contributed by atoms with E-state index < -0.39 is 11.6 Å². The third-order valence-corrected chi connectivity index (χ3v) is 5.99. The lowest BCUT2D eigenvalue weighted by Crippen LogP contribution is -2.69. The smallest absolute Gasteiger partial charge is 0.249 e. The molecule has 5 nitrogen and oxygen atoms in total. The van der Waals surface area contributed by atoms with Crippen molar-refractivity contribution in [3.05, 3.63) is 70.5 Å². The van der Waals surface area contributed by atoms with Crippen LogP contribution in [0, 0.1) is 24.1 Å². The van der Waals surface area contributed by atoms with Crippen molar-refractivity contribution >= 4 is 11.8 Å². The maximum Gasteiger partial charge on any atom is 0.249 e. The van der Waals surface area contributed by atoms with Crippen molar-refractivity contribution in [1.82, 2.24) is 9.80 Å². The lowest BCUT2D eigenvalue weighted by molar-refractivity contribution is -0.166. The molecular weight excluding hydrogens is 369 g/mol. The summed E-state index contributed by atoms with van der Waals surface area (Å²) in [5.74, 6) is -0.702. The van der Waals surface area contributed by atoms with E-state index in [0.717, 1.165) is 16.7 Å². The molecule has 150 valence electrons. The summed E-state index contributed by atoms with van der Waals surface area (Å²) in [7, 11) is 3.26. The number of halogens is 1. The Morgan fingerprint density at radius 1 is 1.14 bits per heavy atom. The molecule has 0 aliphatic carbocycles. The fourth-order valence-corrected chi connectivity index (χ4v) is 3.99. The summed E-state index contributed by atoms with van der Waals surface area (Å²) >= 11 is 0. The lowest BCUT2D eigenvalue weighted by Gasteiger charge is -2.48. The van der Waals surface area contributed by atoms with Crippen LogP contribution in [0.4, 0.5) is 4.39 Å². The van der Waals surface area contributed by atoms with E-state index in [0.29, 0.717) is 12.0 Å². The van der Waals surface area contributed by atoms with E-state index >= 15 is 0 Å². The summed E-state index contributed by atoms with van der Waals surface area (Å²) in [6.45, 7) is 3.63. The minimum Gasteiger partial charge on any atom is -0.331 e. The van der Waals surface area contributed by atoms with Gasteiger partial charge in [0.2, 0.25) is 11.8 Å². The average Bonchev–Trinajstić information content (AvgIpc) is 2.71. The molecule has 1 aliphatic heterocycles. The Kier molecular flexibility index (Phi) is 5.43. The molecule has 0 spiro atoms. The van der Waals surface area contributed by atoms with Gasteiger partial charge in [-0.05, 0) is 48.7 Å². The van der Waals surface area contributed by atoms with E-state index in [1.54, 1.807) is 45.3 Å². The number of nitriles is 1. The number of nitrogens with zero attached hydrogens (tertiary/aromatic N) is 3. The fourth-order valence-electron chi connectivity index (χ4n) is 3.99. The van der Waals surface area contributed by atoms with Crippen LogP contribution in [0.1, 0.15) is 29.2 Å². The molecule has 2 unspecified atom stereocenters. The van der Waals surface area contributed by atoms with Gasteiger partial charge in [-0.2, -0.15) is 5.26 Å². The molecule has 1 fully saturated rings. The van der Waals surface area contributed by atoms with E-state index in [-0.39, 0.29) is 24.1 Å². The Hall–Kier alpha value is -3.20. The van der Waals surface area contributed by atoms with Gasteiger partial charge < -0.3 is 9.80 Å². The van der Waals surface area contributed by atoms with Gasteiger partial charge in [0.15, 0.2) is 0 Å². The van der Waals surface area contributed by atoms with E-state index in [4.69, 9.17) is 0 Å². The highest BCUT2D eigenvalue weighted by Crippen LogP contribution is 2.31. The predicted octanol–water partition coefficient (Wildman–Crippen LogP) is 2.85. The Labute approximate surface area is 170 Å². The quantitative estimate of drug-likeness (QED) is 0.802. The van der Waals surface area contributed by atoms with E-state index in [9.17, 15) is 19.2 Å². The normalized spacial score (nSPS) is 22.0. The zero-order chi connectivity index (χ0) is 21.3. The first-order chi connectivity index (χ1) is 13.7. The van der Waals surface area contributed by atoms with Gasteiger partial charge in [-0.3, -0.25) is 9.59 Å². The highest BCUT2D eigenvalue weighted by Gasteiger charge is 2.50. The number of carbonyl (C=O) groups excluding carboxylic acids is 2. The monoisotopic (exact) mass is 393 g/mol. The maximum absolute atomic E-state index is 13.3. The lowest BCUT2D eigenvalue weighted by atomic mass is 9.84. The van der Waals surface area contributed by atoms with E-state index in [2.05, 4.69) is 6.07 Å². The largest absolute Gasteiger partial charge is 0.331 e. The van der Waals surface area contributed by atoms with Crippen molar-refractivity contribution in [3.8, 4) is 6.07 Å². The van der Waals surface area contributed by atoms with Crippen LogP contribution < -0.4 is 0 Å². The number of rotatable bonds is 4. The van der Waals surface area contributed by atoms with Crippen molar-refractivity contribution in [1.29, 1.82) is 5.26 Å². The van der Waals surface area contributed by atoms with E-state index in [1.807, 2.05) is 13.0 Å². The predicted molar refractivity (Wildman–Crippen MR) is 107 cm³/mol. The van der Waals surface area contributed by atoms with Gasteiger partial charge in [0, 0.05) is 26.9 Å². The Balaban J connectivity index is 1.91. The molecule has 0 saturated carbocycles. The number of hydrogen-bond donors (Lipinski definition) is 0. The van der Waals surface area contributed by atoms with Gasteiger partial charge in [0.25, 0.3) is 0 Å². The molecule has 1 saturated heterocycles. The number of likely N-dealkylation sites (N-methyl/N-ethyl adjacent to an activating group) is 2. The first kappa shape index (κ1) is 20.5. The number of piperazine rings is 1. The van der Waals surface area contributed by atoms with Gasteiger partial charge in [-0.25, -0.2) is 4.39 Å². The minimum atomic E-state index is -1.07. The molecular formula is C23H24FN3O2. The third-order valence-electron chi connectivity index (χ3n) is 5.99. The SMILES string of the molecule is Cc1cccc(C#N)c1CC1C(=O)N(C)C(C)(Cc2ccc(F)cc2)C(=O)N1C.